The summed E-state index contributed by atoms with van der Waals surface area (Å²) in [6.45, 7) is 1.92. The molecule has 1 aliphatic rings. The lowest BCUT2D eigenvalue weighted by Gasteiger charge is -2.14. The van der Waals surface area contributed by atoms with Crippen LogP contribution in [-0.2, 0) is 0 Å². The maximum atomic E-state index is 13.2. The summed E-state index contributed by atoms with van der Waals surface area (Å²) < 4.78 is 13.2. The van der Waals surface area contributed by atoms with Gasteiger partial charge in [-0.05, 0) is 38.0 Å². The second-order valence-electron chi connectivity index (χ2n) is 5.60. The van der Waals surface area contributed by atoms with Gasteiger partial charge in [0.25, 0.3) is 0 Å². The zero-order valence-electron chi connectivity index (χ0n) is 12.4. The van der Waals surface area contributed by atoms with Crippen LogP contribution in [0.5, 0.6) is 0 Å². The molecule has 0 unspecified atom stereocenters. The van der Waals surface area contributed by atoms with E-state index in [0.717, 1.165) is 11.5 Å². The number of aryl methyl sites for hydroxylation is 1. The summed E-state index contributed by atoms with van der Waals surface area (Å²) in [6, 6.07) is 6.87. The van der Waals surface area contributed by atoms with Crippen molar-refractivity contribution in [2.75, 3.05) is 10.6 Å². The number of hydrogen-bond donors (Lipinski definition) is 2. The van der Waals surface area contributed by atoms with Gasteiger partial charge in [0.05, 0.1) is 5.02 Å². The number of rotatable bonds is 4. The van der Waals surface area contributed by atoms with Crippen molar-refractivity contribution < 1.29 is 4.39 Å². The molecule has 0 aliphatic heterocycles. The molecule has 4 nitrogen and oxygen atoms in total. The van der Waals surface area contributed by atoms with Crippen LogP contribution in [0, 0.1) is 12.7 Å². The van der Waals surface area contributed by atoms with Crippen molar-refractivity contribution in [1.29, 1.82) is 0 Å². The van der Waals surface area contributed by atoms with Crippen LogP contribution < -0.4 is 10.6 Å². The topological polar surface area (TPSA) is 49.8 Å². The highest BCUT2D eigenvalue weighted by atomic mass is 35.5. The monoisotopic (exact) mass is 320 g/mol. The fourth-order valence-corrected chi connectivity index (χ4v) is 2.86. The largest absolute Gasteiger partial charge is 0.367 e. The van der Waals surface area contributed by atoms with Gasteiger partial charge in [0, 0.05) is 23.5 Å². The van der Waals surface area contributed by atoms with Gasteiger partial charge in [-0.25, -0.2) is 9.37 Å². The van der Waals surface area contributed by atoms with Crippen LogP contribution in [0.25, 0.3) is 0 Å². The molecule has 0 saturated heterocycles. The fraction of sp³-hybridized carbons (Fsp3) is 0.375. The third-order valence-corrected chi connectivity index (χ3v) is 4.03. The first kappa shape index (κ1) is 15.0. The summed E-state index contributed by atoms with van der Waals surface area (Å²) in [5.41, 5.74) is 1.52. The Hall–Kier alpha value is -1.88. The molecule has 1 aliphatic carbocycles. The van der Waals surface area contributed by atoms with Gasteiger partial charge < -0.3 is 10.6 Å². The summed E-state index contributed by atoms with van der Waals surface area (Å²) in [4.78, 5) is 8.83. The van der Waals surface area contributed by atoms with E-state index in [4.69, 9.17) is 11.6 Å². The Morgan fingerprint density at radius 1 is 1.18 bits per heavy atom. The second kappa shape index (κ2) is 6.48. The van der Waals surface area contributed by atoms with Gasteiger partial charge in [-0.2, -0.15) is 4.98 Å². The second-order valence-corrected chi connectivity index (χ2v) is 6.00. The smallest absolute Gasteiger partial charge is 0.229 e. The van der Waals surface area contributed by atoms with Crippen molar-refractivity contribution in [3.63, 3.8) is 0 Å². The van der Waals surface area contributed by atoms with Crippen molar-refractivity contribution >= 4 is 29.1 Å². The molecular formula is C16H18ClFN4. The lowest BCUT2D eigenvalue weighted by atomic mass is 10.2. The average molecular weight is 321 g/mol. The van der Waals surface area contributed by atoms with E-state index in [0.29, 0.717) is 17.7 Å². The van der Waals surface area contributed by atoms with Crippen LogP contribution in [0.4, 0.5) is 21.8 Å². The Kier molecular flexibility index (Phi) is 4.43. The van der Waals surface area contributed by atoms with Gasteiger partial charge in [0.1, 0.15) is 11.6 Å². The first-order valence-electron chi connectivity index (χ1n) is 7.44. The molecule has 1 aromatic heterocycles. The number of nitrogens with one attached hydrogen (secondary N) is 2. The van der Waals surface area contributed by atoms with E-state index in [1.54, 1.807) is 6.07 Å². The highest BCUT2D eigenvalue weighted by Crippen LogP contribution is 2.24. The summed E-state index contributed by atoms with van der Waals surface area (Å²) in [7, 11) is 0. The van der Waals surface area contributed by atoms with Gasteiger partial charge in [0.2, 0.25) is 5.95 Å². The Labute approximate surface area is 134 Å². The molecule has 1 aromatic carbocycles. The summed E-state index contributed by atoms with van der Waals surface area (Å²) >= 11 is 5.79. The summed E-state index contributed by atoms with van der Waals surface area (Å²) in [6.07, 6.45) is 4.89. The zero-order chi connectivity index (χ0) is 15.5. The van der Waals surface area contributed by atoms with E-state index in [1.807, 2.05) is 13.0 Å². The first-order chi connectivity index (χ1) is 10.6. The van der Waals surface area contributed by atoms with Gasteiger partial charge in [-0.15, -0.1) is 0 Å². The molecule has 0 spiro atoms. The van der Waals surface area contributed by atoms with E-state index in [1.165, 1.54) is 37.8 Å². The third kappa shape index (κ3) is 3.65. The number of nitrogens with zero attached hydrogens (tertiary/aromatic N) is 2. The Morgan fingerprint density at radius 3 is 2.68 bits per heavy atom. The number of hydrogen-bond acceptors (Lipinski definition) is 4. The number of halogens is 2. The maximum absolute atomic E-state index is 13.2. The van der Waals surface area contributed by atoms with Crippen molar-refractivity contribution in [3.8, 4) is 0 Å². The fourth-order valence-electron chi connectivity index (χ4n) is 2.68. The molecule has 3 rings (SSSR count). The van der Waals surface area contributed by atoms with E-state index in [-0.39, 0.29) is 5.02 Å². The van der Waals surface area contributed by atoms with Crippen LogP contribution in [0.3, 0.4) is 0 Å². The van der Waals surface area contributed by atoms with Gasteiger partial charge in [-0.3, -0.25) is 0 Å². The summed E-state index contributed by atoms with van der Waals surface area (Å²) in [5, 5.41) is 6.59. The molecule has 2 N–H and O–H groups in total. The first-order valence-corrected chi connectivity index (χ1v) is 7.82. The molecule has 0 bridgehead atoms. The minimum atomic E-state index is -0.444. The van der Waals surface area contributed by atoms with E-state index >= 15 is 0 Å². The minimum absolute atomic E-state index is 0.0713. The third-order valence-electron chi connectivity index (χ3n) is 3.74. The normalized spacial score (nSPS) is 15.0. The lowest BCUT2D eigenvalue weighted by molar-refractivity contribution is 0.628. The van der Waals surface area contributed by atoms with E-state index in [9.17, 15) is 4.39 Å². The molecule has 116 valence electrons. The SMILES string of the molecule is Cc1cc(NC2CCCC2)nc(Nc2ccc(F)c(Cl)c2)n1. The molecule has 1 heterocycles. The summed E-state index contributed by atoms with van der Waals surface area (Å²) in [5.74, 6) is 0.847. The molecule has 1 saturated carbocycles. The quantitative estimate of drug-likeness (QED) is 0.859. The number of anilines is 3. The lowest BCUT2D eigenvalue weighted by Crippen LogP contribution is -2.16. The van der Waals surface area contributed by atoms with E-state index < -0.39 is 5.82 Å². The van der Waals surface area contributed by atoms with Crippen LogP contribution >= 0.6 is 11.6 Å². The van der Waals surface area contributed by atoms with Crippen LogP contribution in [0.15, 0.2) is 24.3 Å². The van der Waals surface area contributed by atoms with E-state index in [2.05, 4.69) is 20.6 Å². The molecule has 1 fully saturated rings. The standard InChI is InChI=1S/C16H18ClFN4/c1-10-8-15(20-11-4-2-3-5-11)22-16(19-10)21-12-6-7-14(18)13(17)9-12/h6-9,11H,2-5H2,1H3,(H2,19,20,21,22). The Bertz CT molecular complexity index is 671. The van der Waals surface area contributed by atoms with Crippen LogP contribution in [0.2, 0.25) is 5.02 Å². The Morgan fingerprint density at radius 2 is 1.95 bits per heavy atom. The predicted octanol–water partition coefficient (Wildman–Crippen LogP) is 4.68. The highest BCUT2D eigenvalue weighted by Gasteiger charge is 2.15. The molecule has 0 radical (unpaired) electrons. The van der Waals surface area contributed by atoms with Gasteiger partial charge in [-0.1, -0.05) is 24.4 Å². The minimum Gasteiger partial charge on any atom is -0.367 e. The van der Waals surface area contributed by atoms with Crippen molar-refractivity contribution in [1.82, 2.24) is 9.97 Å². The van der Waals surface area contributed by atoms with Crippen molar-refractivity contribution in [2.24, 2.45) is 0 Å². The number of benzene rings is 1. The highest BCUT2D eigenvalue weighted by molar-refractivity contribution is 6.31. The van der Waals surface area contributed by atoms with Gasteiger partial charge in [0.15, 0.2) is 0 Å². The van der Waals surface area contributed by atoms with Crippen LogP contribution in [0.1, 0.15) is 31.4 Å². The van der Waals surface area contributed by atoms with Gasteiger partial charge >= 0.3 is 0 Å². The average Bonchev–Trinajstić information content (AvgIpc) is 2.95. The molecule has 2 aromatic rings. The van der Waals surface area contributed by atoms with Crippen molar-refractivity contribution in [2.45, 2.75) is 38.6 Å². The predicted molar refractivity (Wildman–Crippen MR) is 87.3 cm³/mol. The molecule has 6 heteroatoms. The molecule has 0 atom stereocenters. The van der Waals surface area contributed by atoms with Crippen molar-refractivity contribution in [3.05, 3.63) is 40.8 Å². The Balaban J connectivity index is 1.77. The zero-order valence-corrected chi connectivity index (χ0v) is 13.1. The molecule has 0 amide bonds. The molecular weight excluding hydrogens is 303 g/mol. The molecule has 22 heavy (non-hydrogen) atoms. The van der Waals surface area contributed by atoms with Crippen LogP contribution in [-0.4, -0.2) is 16.0 Å². The maximum Gasteiger partial charge on any atom is 0.229 e. The number of aromatic nitrogens is 2.